The molecule has 0 bridgehead atoms. The van der Waals surface area contributed by atoms with Crippen LogP contribution < -0.4 is 21.1 Å². The third-order valence-electron chi connectivity index (χ3n) is 5.20. The molecule has 7 heteroatoms. The molecule has 0 aliphatic carbocycles. The number of thiophene rings is 1. The molecule has 164 valence electrons. The predicted octanol–water partition coefficient (Wildman–Crippen LogP) is 3.35. The number of unbranched alkanes of at least 4 members (excludes halogenated alkanes) is 2. The van der Waals surface area contributed by atoms with Crippen molar-refractivity contribution in [3.63, 3.8) is 0 Å². The van der Waals surface area contributed by atoms with Gasteiger partial charge >= 0.3 is 0 Å². The van der Waals surface area contributed by atoms with Crippen LogP contribution in [0.5, 0.6) is 5.75 Å². The van der Waals surface area contributed by atoms with Crippen LogP contribution in [0, 0.1) is 0 Å². The maximum atomic E-state index is 6.18. The largest absolute Gasteiger partial charge is 0.493 e. The Bertz CT molecular complexity index is 772. The molecule has 1 aromatic carbocycles. The molecule has 6 nitrogen and oxygen atoms in total. The third-order valence-corrected chi connectivity index (χ3v) is 6.09. The predicted molar refractivity (Wildman–Crippen MR) is 127 cm³/mol. The number of aliphatic imine (C=N–C) groups is 1. The van der Waals surface area contributed by atoms with Crippen LogP contribution in [0.1, 0.15) is 36.6 Å². The van der Waals surface area contributed by atoms with Gasteiger partial charge in [-0.05, 0) is 36.1 Å². The molecular weight excluding hydrogens is 394 g/mol. The van der Waals surface area contributed by atoms with Gasteiger partial charge in [-0.1, -0.05) is 25.8 Å². The molecule has 0 unspecified atom stereocenters. The van der Waals surface area contributed by atoms with Gasteiger partial charge in [0.15, 0.2) is 0 Å². The second-order valence-electron chi connectivity index (χ2n) is 7.59. The van der Waals surface area contributed by atoms with Crippen LogP contribution in [0.3, 0.4) is 0 Å². The molecule has 0 saturated carbocycles. The summed E-state index contributed by atoms with van der Waals surface area (Å²) in [7, 11) is 0. The van der Waals surface area contributed by atoms with E-state index in [1.807, 2.05) is 29.6 Å². The van der Waals surface area contributed by atoms with Crippen molar-refractivity contribution >= 4 is 22.9 Å². The summed E-state index contributed by atoms with van der Waals surface area (Å²) in [4.78, 5) is 8.11. The molecule has 4 N–H and O–H groups in total. The molecule has 1 aliphatic heterocycles. The zero-order valence-electron chi connectivity index (χ0n) is 18.0. The van der Waals surface area contributed by atoms with E-state index in [1.165, 1.54) is 12.8 Å². The van der Waals surface area contributed by atoms with Gasteiger partial charge in [0.2, 0.25) is 0 Å². The first kappa shape index (κ1) is 22.7. The van der Waals surface area contributed by atoms with Crippen molar-refractivity contribution in [3.05, 3.63) is 46.2 Å². The summed E-state index contributed by atoms with van der Waals surface area (Å²) in [6.45, 7) is 10.2. The molecule has 0 amide bonds. The van der Waals surface area contributed by atoms with E-state index in [4.69, 9.17) is 10.5 Å². The molecule has 1 fully saturated rings. The van der Waals surface area contributed by atoms with E-state index < -0.39 is 0 Å². The molecule has 2 aromatic rings. The van der Waals surface area contributed by atoms with Crippen molar-refractivity contribution in [3.8, 4) is 5.75 Å². The van der Waals surface area contributed by atoms with E-state index >= 15 is 0 Å². The Kier molecular flexibility index (Phi) is 9.63. The summed E-state index contributed by atoms with van der Waals surface area (Å²) < 4.78 is 6.08. The lowest BCUT2D eigenvalue weighted by molar-refractivity contribution is 0.240. The van der Waals surface area contributed by atoms with Gasteiger partial charge in [-0.15, -0.1) is 11.3 Å². The smallest absolute Gasteiger partial charge is 0.141 e. The number of benzene rings is 1. The zero-order chi connectivity index (χ0) is 21.0. The summed E-state index contributed by atoms with van der Waals surface area (Å²) in [5, 5.41) is 8.99. The second-order valence-corrected chi connectivity index (χ2v) is 8.54. The van der Waals surface area contributed by atoms with Gasteiger partial charge in [0, 0.05) is 51.4 Å². The zero-order valence-corrected chi connectivity index (χ0v) is 18.8. The molecule has 0 spiro atoms. The third kappa shape index (κ3) is 7.40. The highest BCUT2D eigenvalue weighted by molar-refractivity contribution is 7.12. The van der Waals surface area contributed by atoms with Crippen LogP contribution in [-0.4, -0.2) is 56.6 Å². The highest BCUT2D eigenvalue weighted by atomic mass is 32.1. The highest BCUT2D eigenvalue weighted by Crippen LogP contribution is 2.26. The number of nitrogens with zero attached hydrogens (tertiary/aromatic N) is 2. The van der Waals surface area contributed by atoms with Crippen molar-refractivity contribution < 1.29 is 4.74 Å². The number of nitrogens with one attached hydrogen (secondary N) is 2. The fourth-order valence-electron chi connectivity index (χ4n) is 3.46. The molecule has 3 rings (SSSR count). The summed E-state index contributed by atoms with van der Waals surface area (Å²) in [6.07, 6.45) is 3.47. The lowest BCUT2D eigenvalue weighted by atomic mass is 10.1. The van der Waals surface area contributed by atoms with Crippen LogP contribution in [-0.2, 0) is 6.54 Å². The second kappa shape index (κ2) is 12.7. The SMILES string of the molecule is CCCCCOc1ccc(N=C(N)c2cccs2)cc1CNCCN1CCNCC1. The number of piperazine rings is 1. The Morgan fingerprint density at radius 1 is 1.27 bits per heavy atom. The average Bonchev–Trinajstić information content (AvgIpc) is 3.31. The number of ether oxygens (including phenoxy) is 1. The molecule has 30 heavy (non-hydrogen) atoms. The summed E-state index contributed by atoms with van der Waals surface area (Å²) in [6, 6.07) is 10.1. The van der Waals surface area contributed by atoms with Crippen molar-refractivity contribution in [2.75, 3.05) is 45.9 Å². The number of hydrogen-bond acceptors (Lipinski definition) is 6. The van der Waals surface area contributed by atoms with E-state index in [-0.39, 0.29) is 0 Å². The molecule has 2 heterocycles. The molecule has 1 aliphatic rings. The monoisotopic (exact) mass is 429 g/mol. The van der Waals surface area contributed by atoms with Crippen LogP contribution in [0.2, 0.25) is 0 Å². The molecule has 0 atom stereocenters. The van der Waals surface area contributed by atoms with Crippen LogP contribution in [0.4, 0.5) is 5.69 Å². The van der Waals surface area contributed by atoms with Gasteiger partial charge < -0.3 is 21.1 Å². The average molecular weight is 430 g/mol. The summed E-state index contributed by atoms with van der Waals surface area (Å²) in [5.74, 6) is 1.49. The van der Waals surface area contributed by atoms with Gasteiger partial charge in [-0.25, -0.2) is 4.99 Å². The van der Waals surface area contributed by atoms with Crippen molar-refractivity contribution in [2.45, 2.75) is 32.7 Å². The van der Waals surface area contributed by atoms with Crippen LogP contribution in [0.15, 0.2) is 40.7 Å². The lowest BCUT2D eigenvalue weighted by Gasteiger charge is -2.27. The lowest BCUT2D eigenvalue weighted by Crippen LogP contribution is -2.45. The van der Waals surface area contributed by atoms with Gasteiger partial charge in [0.25, 0.3) is 0 Å². The Hall–Kier alpha value is -1.93. The Labute approximate surface area is 184 Å². The highest BCUT2D eigenvalue weighted by Gasteiger charge is 2.10. The van der Waals surface area contributed by atoms with Gasteiger partial charge in [0.1, 0.15) is 11.6 Å². The molecule has 1 saturated heterocycles. The van der Waals surface area contributed by atoms with E-state index in [0.717, 1.165) is 80.7 Å². The summed E-state index contributed by atoms with van der Waals surface area (Å²) in [5.41, 5.74) is 8.17. The van der Waals surface area contributed by atoms with Gasteiger partial charge in [0.05, 0.1) is 17.2 Å². The Balaban J connectivity index is 1.62. The quantitative estimate of drug-likeness (QED) is 0.274. The molecule has 1 aromatic heterocycles. The van der Waals surface area contributed by atoms with Gasteiger partial charge in [-0.3, -0.25) is 4.90 Å². The first-order chi connectivity index (χ1) is 14.8. The normalized spacial score (nSPS) is 15.4. The minimum Gasteiger partial charge on any atom is -0.493 e. The van der Waals surface area contributed by atoms with E-state index in [0.29, 0.717) is 5.84 Å². The van der Waals surface area contributed by atoms with E-state index in [9.17, 15) is 0 Å². The van der Waals surface area contributed by atoms with Crippen molar-refractivity contribution in [2.24, 2.45) is 10.7 Å². The van der Waals surface area contributed by atoms with E-state index in [2.05, 4.69) is 33.5 Å². The van der Waals surface area contributed by atoms with Gasteiger partial charge in [-0.2, -0.15) is 0 Å². The first-order valence-electron chi connectivity index (χ1n) is 11.0. The number of amidine groups is 1. The van der Waals surface area contributed by atoms with Crippen molar-refractivity contribution in [1.29, 1.82) is 0 Å². The Morgan fingerprint density at radius 2 is 2.13 bits per heavy atom. The maximum Gasteiger partial charge on any atom is 0.141 e. The topological polar surface area (TPSA) is 74.9 Å². The minimum absolute atomic E-state index is 0.555. The number of nitrogens with two attached hydrogens (primary N) is 1. The maximum absolute atomic E-state index is 6.18. The number of hydrogen-bond donors (Lipinski definition) is 3. The fourth-order valence-corrected chi connectivity index (χ4v) is 4.09. The number of rotatable bonds is 12. The standard InChI is InChI=1S/C23H35N5OS/c1-2-3-4-15-29-21-8-7-20(27-23(24)22-6-5-16-30-22)17-19(21)18-26-11-14-28-12-9-25-10-13-28/h5-8,16-17,25-26H,2-4,9-15,18H2,1H3,(H2,24,27). The summed E-state index contributed by atoms with van der Waals surface area (Å²) >= 11 is 1.60. The first-order valence-corrected chi connectivity index (χ1v) is 11.9. The van der Waals surface area contributed by atoms with Crippen molar-refractivity contribution in [1.82, 2.24) is 15.5 Å². The van der Waals surface area contributed by atoms with Crippen LogP contribution in [0.25, 0.3) is 0 Å². The fraction of sp³-hybridized carbons (Fsp3) is 0.522. The minimum atomic E-state index is 0.555. The van der Waals surface area contributed by atoms with E-state index in [1.54, 1.807) is 11.3 Å². The van der Waals surface area contributed by atoms with Crippen LogP contribution >= 0.6 is 11.3 Å². The molecular formula is C23H35N5OS. The molecule has 0 radical (unpaired) electrons. The Morgan fingerprint density at radius 3 is 2.90 bits per heavy atom.